The zero-order valence-electron chi connectivity index (χ0n) is 14.3. The molecule has 10 heteroatoms. The van der Waals surface area contributed by atoms with E-state index in [1.54, 1.807) is 42.2 Å². The molecule has 0 saturated carbocycles. The smallest absolute Gasteiger partial charge is 0.227 e. The summed E-state index contributed by atoms with van der Waals surface area (Å²) in [4.78, 5) is 24.8. The highest BCUT2D eigenvalue weighted by molar-refractivity contribution is 6.30. The third-order valence-corrected chi connectivity index (χ3v) is 4.18. The molecule has 3 heterocycles. The van der Waals surface area contributed by atoms with Crippen molar-refractivity contribution in [1.82, 2.24) is 29.9 Å². The maximum absolute atomic E-state index is 12.2. The maximum atomic E-state index is 12.2. The molecule has 0 saturated heterocycles. The second kappa shape index (κ2) is 7.12. The Hall–Kier alpha value is -3.33. The van der Waals surface area contributed by atoms with Crippen molar-refractivity contribution in [2.24, 2.45) is 7.05 Å². The van der Waals surface area contributed by atoms with Gasteiger partial charge in [0.1, 0.15) is 12.1 Å². The van der Waals surface area contributed by atoms with Gasteiger partial charge >= 0.3 is 0 Å². The Morgan fingerprint density at radius 3 is 2.89 bits per heavy atom. The van der Waals surface area contributed by atoms with Crippen LogP contribution in [0.4, 0.5) is 5.82 Å². The molecule has 4 rings (SSSR count). The Bertz CT molecular complexity index is 1100. The minimum absolute atomic E-state index is 0.175. The van der Waals surface area contributed by atoms with Gasteiger partial charge in [-0.05, 0) is 24.3 Å². The fourth-order valence-electron chi connectivity index (χ4n) is 2.55. The van der Waals surface area contributed by atoms with E-state index in [-0.39, 0.29) is 12.3 Å². The van der Waals surface area contributed by atoms with Gasteiger partial charge in [-0.1, -0.05) is 16.8 Å². The number of halogens is 1. The largest absolute Gasteiger partial charge is 0.339 e. The third kappa shape index (κ3) is 3.63. The number of aromatic nitrogens is 6. The van der Waals surface area contributed by atoms with Gasteiger partial charge in [-0.3, -0.25) is 9.48 Å². The molecule has 1 N–H and O–H groups in total. The number of nitrogens with one attached hydrogen (secondary N) is 1. The first kappa shape index (κ1) is 17.1. The summed E-state index contributed by atoms with van der Waals surface area (Å²) in [7, 11) is 1.77. The average molecular weight is 384 g/mol. The molecule has 0 spiro atoms. The SMILES string of the molecule is Cn1ncc2c(NC(=O)CCc3nc(-c4ccc(Cl)cc4)no3)ncnc21. The molecule has 1 aromatic carbocycles. The molecular formula is C17H14ClN7O2. The highest BCUT2D eigenvalue weighted by Crippen LogP contribution is 2.20. The molecule has 0 atom stereocenters. The van der Waals surface area contributed by atoms with Crippen LogP contribution in [0.15, 0.2) is 41.3 Å². The van der Waals surface area contributed by atoms with Gasteiger partial charge in [-0.2, -0.15) is 10.1 Å². The van der Waals surface area contributed by atoms with E-state index < -0.39 is 0 Å². The second-order valence-corrected chi connectivity index (χ2v) is 6.23. The van der Waals surface area contributed by atoms with E-state index in [4.69, 9.17) is 16.1 Å². The Balaban J connectivity index is 1.40. The summed E-state index contributed by atoms with van der Waals surface area (Å²) < 4.78 is 6.82. The summed E-state index contributed by atoms with van der Waals surface area (Å²) in [6.45, 7) is 0. The predicted molar refractivity (Wildman–Crippen MR) is 98.0 cm³/mol. The van der Waals surface area contributed by atoms with Crippen LogP contribution in [0.1, 0.15) is 12.3 Å². The van der Waals surface area contributed by atoms with Crippen molar-refractivity contribution in [3.8, 4) is 11.4 Å². The van der Waals surface area contributed by atoms with Crippen LogP contribution >= 0.6 is 11.6 Å². The molecule has 3 aromatic heterocycles. The number of anilines is 1. The van der Waals surface area contributed by atoms with Gasteiger partial charge in [0.25, 0.3) is 0 Å². The van der Waals surface area contributed by atoms with Crippen molar-refractivity contribution in [3.63, 3.8) is 0 Å². The first-order valence-corrected chi connectivity index (χ1v) is 8.49. The summed E-state index contributed by atoms with van der Waals surface area (Å²) in [5, 5.41) is 12.1. The van der Waals surface area contributed by atoms with Crippen LogP contribution in [-0.2, 0) is 18.3 Å². The van der Waals surface area contributed by atoms with E-state index in [0.29, 0.717) is 40.0 Å². The molecular weight excluding hydrogens is 370 g/mol. The highest BCUT2D eigenvalue weighted by Gasteiger charge is 2.13. The van der Waals surface area contributed by atoms with E-state index in [0.717, 1.165) is 5.56 Å². The number of carbonyl (C=O) groups excluding carboxylic acids is 1. The van der Waals surface area contributed by atoms with Crippen molar-refractivity contribution in [2.45, 2.75) is 12.8 Å². The molecule has 0 bridgehead atoms. The fourth-order valence-corrected chi connectivity index (χ4v) is 2.68. The number of benzene rings is 1. The quantitative estimate of drug-likeness (QED) is 0.563. The van der Waals surface area contributed by atoms with Gasteiger partial charge in [0.2, 0.25) is 17.6 Å². The number of fused-ring (bicyclic) bond motifs is 1. The Kier molecular flexibility index (Phi) is 4.51. The van der Waals surface area contributed by atoms with Gasteiger partial charge in [0.05, 0.1) is 11.6 Å². The minimum Gasteiger partial charge on any atom is -0.339 e. The number of carbonyl (C=O) groups is 1. The summed E-state index contributed by atoms with van der Waals surface area (Å²) in [6.07, 6.45) is 3.49. The maximum Gasteiger partial charge on any atom is 0.227 e. The summed E-state index contributed by atoms with van der Waals surface area (Å²) in [5.41, 5.74) is 1.43. The van der Waals surface area contributed by atoms with E-state index in [2.05, 4.69) is 30.5 Å². The van der Waals surface area contributed by atoms with E-state index >= 15 is 0 Å². The average Bonchev–Trinajstić information content (AvgIpc) is 3.29. The van der Waals surface area contributed by atoms with Crippen molar-refractivity contribution in [2.75, 3.05) is 5.32 Å². The number of rotatable bonds is 5. The molecule has 9 nitrogen and oxygen atoms in total. The zero-order chi connectivity index (χ0) is 18.8. The Labute approximate surface area is 158 Å². The molecule has 4 aromatic rings. The molecule has 0 radical (unpaired) electrons. The van der Waals surface area contributed by atoms with Gasteiger partial charge in [0.15, 0.2) is 5.65 Å². The third-order valence-electron chi connectivity index (χ3n) is 3.92. The number of hydrogen-bond donors (Lipinski definition) is 1. The number of nitrogens with zero attached hydrogens (tertiary/aromatic N) is 6. The van der Waals surface area contributed by atoms with E-state index in [1.165, 1.54) is 6.33 Å². The van der Waals surface area contributed by atoms with Crippen molar-refractivity contribution in [3.05, 3.63) is 47.7 Å². The Morgan fingerprint density at radius 1 is 1.26 bits per heavy atom. The molecule has 136 valence electrons. The second-order valence-electron chi connectivity index (χ2n) is 5.79. The van der Waals surface area contributed by atoms with Crippen LogP contribution < -0.4 is 5.32 Å². The van der Waals surface area contributed by atoms with Crippen molar-refractivity contribution in [1.29, 1.82) is 0 Å². The van der Waals surface area contributed by atoms with Crippen molar-refractivity contribution >= 4 is 34.4 Å². The first-order chi connectivity index (χ1) is 13.1. The van der Waals surface area contributed by atoms with Crippen LogP contribution in [0.2, 0.25) is 5.02 Å². The number of aryl methyl sites for hydroxylation is 2. The highest BCUT2D eigenvalue weighted by atomic mass is 35.5. The molecule has 0 aliphatic carbocycles. The molecule has 0 unspecified atom stereocenters. The summed E-state index contributed by atoms with van der Waals surface area (Å²) >= 11 is 5.87. The lowest BCUT2D eigenvalue weighted by Gasteiger charge is -2.04. The van der Waals surface area contributed by atoms with Crippen LogP contribution in [0.3, 0.4) is 0 Å². The first-order valence-electron chi connectivity index (χ1n) is 8.11. The van der Waals surface area contributed by atoms with Gasteiger partial charge in [0, 0.05) is 30.5 Å². The van der Waals surface area contributed by atoms with Crippen LogP contribution in [-0.4, -0.2) is 35.8 Å². The number of amides is 1. The predicted octanol–water partition coefficient (Wildman–Crippen LogP) is 2.64. The molecule has 0 aliphatic heterocycles. The lowest BCUT2D eigenvalue weighted by Crippen LogP contribution is -2.14. The molecule has 27 heavy (non-hydrogen) atoms. The van der Waals surface area contributed by atoms with Crippen molar-refractivity contribution < 1.29 is 9.32 Å². The van der Waals surface area contributed by atoms with Crippen LogP contribution in [0.25, 0.3) is 22.4 Å². The fraction of sp³-hybridized carbons (Fsp3) is 0.176. The monoisotopic (exact) mass is 383 g/mol. The van der Waals surface area contributed by atoms with Crippen LogP contribution in [0.5, 0.6) is 0 Å². The number of hydrogen-bond acceptors (Lipinski definition) is 7. The topological polar surface area (TPSA) is 112 Å². The van der Waals surface area contributed by atoms with Gasteiger partial charge < -0.3 is 9.84 Å². The Morgan fingerprint density at radius 2 is 2.07 bits per heavy atom. The molecule has 0 aliphatic rings. The lowest BCUT2D eigenvalue weighted by atomic mass is 10.2. The summed E-state index contributed by atoms with van der Waals surface area (Å²) in [6, 6.07) is 7.11. The normalized spacial score (nSPS) is 11.0. The van der Waals surface area contributed by atoms with Gasteiger partial charge in [-0.15, -0.1) is 0 Å². The zero-order valence-corrected chi connectivity index (χ0v) is 15.0. The van der Waals surface area contributed by atoms with Crippen LogP contribution in [0, 0.1) is 0 Å². The van der Waals surface area contributed by atoms with E-state index in [9.17, 15) is 4.79 Å². The van der Waals surface area contributed by atoms with Gasteiger partial charge in [-0.25, -0.2) is 9.97 Å². The standard InChI is InChI=1S/C17H14ClN7O2/c1-25-17-12(8-21-25)16(19-9-20-17)22-13(26)6-7-14-23-15(24-27-14)10-2-4-11(18)5-3-10/h2-5,8-9H,6-7H2,1H3,(H,19,20,22,26). The summed E-state index contributed by atoms with van der Waals surface area (Å²) in [5.74, 6) is 1.04. The molecule has 1 amide bonds. The molecule has 0 fully saturated rings. The minimum atomic E-state index is -0.218. The lowest BCUT2D eigenvalue weighted by molar-refractivity contribution is -0.116. The van der Waals surface area contributed by atoms with E-state index in [1.807, 2.05) is 0 Å².